The summed E-state index contributed by atoms with van der Waals surface area (Å²) in [5, 5.41) is 0. The first-order valence-electron chi connectivity index (χ1n) is 8.24. The zero-order chi connectivity index (χ0) is 19.9. The number of ether oxygens (including phenoxy) is 2. The highest BCUT2D eigenvalue weighted by atomic mass is 16.5. The van der Waals surface area contributed by atoms with E-state index in [1.807, 2.05) is 0 Å². The minimum atomic E-state index is -0.572. The predicted molar refractivity (Wildman–Crippen MR) is 104 cm³/mol. The minimum absolute atomic E-state index is 0. The van der Waals surface area contributed by atoms with Crippen molar-refractivity contribution in [3.05, 3.63) is 95.1 Å². The number of rotatable bonds is 6. The third-order valence-corrected chi connectivity index (χ3v) is 3.81. The van der Waals surface area contributed by atoms with Crippen LogP contribution < -0.4 is 9.47 Å². The lowest BCUT2D eigenvalue weighted by Gasteiger charge is -2.07. The maximum absolute atomic E-state index is 12.1. The SMILES string of the molecule is O.O=Cc1ccc(C(=O)Oc2ccc(OC(=O)c3ccc(C=O)cc3)cc2)cc1. The molecule has 0 atom stereocenters. The normalized spacial score (nSPS) is 9.66. The Morgan fingerprint density at radius 3 is 1.14 bits per heavy atom. The van der Waals surface area contributed by atoms with Crippen LogP contribution in [0.4, 0.5) is 0 Å². The van der Waals surface area contributed by atoms with Crippen LogP contribution in [0.1, 0.15) is 41.4 Å². The quantitative estimate of drug-likeness (QED) is 0.361. The van der Waals surface area contributed by atoms with Gasteiger partial charge in [0.1, 0.15) is 24.1 Å². The Balaban J connectivity index is 0.00000300. The largest absolute Gasteiger partial charge is 0.423 e. The lowest BCUT2D eigenvalue weighted by atomic mass is 10.1. The van der Waals surface area contributed by atoms with Crippen molar-refractivity contribution in [3.63, 3.8) is 0 Å². The minimum Gasteiger partial charge on any atom is -0.423 e. The summed E-state index contributed by atoms with van der Waals surface area (Å²) in [5.74, 6) is -0.589. The Labute approximate surface area is 165 Å². The molecule has 29 heavy (non-hydrogen) atoms. The van der Waals surface area contributed by atoms with E-state index in [0.29, 0.717) is 34.8 Å². The molecule has 0 aliphatic carbocycles. The van der Waals surface area contributed by atoms with Crippen LogP contribution >= 0.6 is 0 Å². The highest BCUT2D eigenvalue weighted by Gasteiger charge is 2.11. The summed E-state index contributed by atoms with van der Waals surface area (Å²) >= 11 is 0. The van der Waals surface area contributed by atoms with E-state index >= 15 is 0 Å². The molecule has 0 radical (unpaired) electrons. The maximum atomic E-state index is 12.1. The fourth-order valence-electron chi connectivity index (χ4n) is 2.30. The molecular formula is C22H16O7. The van der Waals surface area contributed by atoms with Gasteiger partial charge < -0.3 is 14.9 Å². The molecule has 0 unspecified atom stereocenters. The van der Waals surface area contributed by atoms with Crippen molar-refractivity contribution in [2.45, 2.75) is 0 Å². The molecule has 0 fully saturated rings. The number of hydrogen-bond acceptors (Lipinski definition) is 6. The molecule has 3 aromatic carbocycles. The number of carbonyl (C=O) groups is 4. The second-order valence-electron chi connectivity index (χ2n) is 5.73. The maximum Gasteiger partial charge on any atom is 0.343 e. The van der Waals surface area contributed by atoms with E-state index in [4.69, 9.17) is 9.47 Å². The van der Waals surface area contributed by atoms with Crippen LogP contribution in [0.3, 0.4) is 0 Å². The van der Waals surface area contributed by atoms with Crippen molar-refractivity contribution in [2.75, 3.05) is 0 Å². The first-order valence-corrected chi connectivity index (χ1v) is 8.24. The molecular weight excluding hydrogens is 376 g/mol. The molecule has 0 spiro atoms. The van der Waals surface area contributed by atoms with E-state index in [2.05, 4.69) is 0 Å². The van der Waals surface area contributed by atoms with Gasteiger partial charge in [0.25, 0.3) is 0 Å². The summed E-state index contributed by atoms with van der Waals surface area (Å²) in [5.41, 5.74) is 1.53. The first-order chi connectivity index (χ1) is 13.6. The van der Waals surface area contributed by atoms with Crippen molar-refractivity contribution in [2.24, 2.45) is 0 Å². The summed E-state index contributed by atoms with van der Waals surface area (Å²) in [7, 11) is 0. The van der Waals surface area contributed by atoms with Gasteiger partial charge in [-0.3, -0.25) is 9.59 Å². The van der Waals surface area contributed by atoms with Gasteiger partial charge in [0.15, 0.2) is 0 Å². The van der Waals surface area contributed by atoms with Crippen molar-refractivity contribution >= 4 is 24.5 Å². The second-order valence-corrected chi connectivity index (χ2v) is 5.73. The van der Waals surface area contributed by atoms with Gasteiger partial charge in [-0.05, 0) is 48.5 Å². The van der Waals surface area contributed by atoms with E-state index in [-0.39, 0.29) is 17.0 Å². The Hall–Kier alpha value is -4.10. The monoisotopic (exact) mass is 392 g/mol. The summed E-state index contributed by atoms with van der Waals surface area (Å²) in [6, 6.07) is 18.1. The van der Waals surface area contributed by atoms with Crippen molar-refractivity contribution in [3.8, 4) is 11.5 Å². The topological polar surface area (TPSA) is 118 Å². The average Bonchev–Trinajstić information content (AvgIpc) is 2.75. The lowest BCUT2D eigenvalue weighted by molar-refractivity contribution is 0.0719. The van der Waals surface area contributed by atoms with Gasteiger partial charge in [-0.1, -0.05) is 24.3 Å². The third-order valence-electron chi connectivity index (χ3n) is 3.81. The zero-order valence-corrected chi connectivity index (χ0v) is 15.0. The Morgan fingerprint density at radius 2 is 0.862 bits per heavy atom. The van der Waals surface area contributed by atoms with Crippen LogP contribution in [0.2, 0.25) is 0 Å². The van der Waals surface area contributed by atoms with Crippen LogP contribution in [0, 0.1) is 0 Å². The molecule has 0 aliphatic heterocycles. The van der Waals surface area contributed by atoms with Crippen molar-refractivity contribution in [1.29, 1.82) is 0 Å². The number of carbonyl (C=O) groups excluding carboxylic acids is 4. The molecule has 0 bridgehead atoms. The molecule has 0 amide bonds. The molecule has 0 aliphatic rings. The zero-order valence-electron chi connectivity index (χ0n) is 15.0. The Kier molecular flexibility index (Phi) is 7.11. The van der Waals surface area contributed by atoms with Crippen LogP contribution in [0.15, 0.2) is 72.8 Å². The van der Waals surface area contributed by atoms with E-state index < -0.39 is 11.9 Å². The molecule has 0 aromatic heterocycles. The fraction of sp³-hybridized carbons (Fsp3) is 0. The number of hydrogen-bond donors (Lipinski definition) is 0. The van der Waals surface area contributed by atoms with Gasteiger partial charge >= 0.3 is 11.9 Å². The molecule has 7 nitrogen and oxygen atoms in total. The number of aldehydes is 2. The van der Waals surface area contributed by atoms with Crippen LogP contribution in [0.5, 0.6) is 11.5 Å². The second kappa shape index (κ2) is 9.72. The molecule has 0 heterocycles. The van der Waals surface area contributed by atoms with Crippen LogP contribution in [-0.2, 0) is 0 Å². The van der Waals surface area contributed by atoms with Gasteiger partial charge in [0.2, 0.25) is 0 Å². The summed E-state index contributed by atoms with van der Waals surface area (Å²) in [6.45, 7) is 0. The van der Waals surface area contributed by atoms with Gasteiger partial charge in [-0.2, -0.15) is 0 Å². The Morgan fingerprint density at radius 1 is 0.552 bits per heavy atom. The highest BCUT2D eigenvalue weighted by Crippen LogP contribution is 2.20. The fourth-order valence-corrected chi connectivity index (χ4v) is 2.30. The molecule has 7 heteroatoms. The van der Waals surface area contributed by atoms with Gasteiger partial charge in [0, 0.05) is 11.1 Å². The van der Waals surface area contributed by atoms with E-state index in [0.717, 1.165) is 0 Å². The van der Waals surface area contributed by atoms with Crippen LogP contribution in [-0.4, -0.2) is 30.0 Å². The van der Waals surface area contributed by atoms with Crippen molar-refractivity contribution in [1.82, 2.24) is 0 Å². The molecule has 146 valence electrons. The van der Waals surface area contributed by atoms with E-state index in [1.54, 1.807) is 0 Å². The molecule has 0 saturated carbocycles. The summed E-state index contributed by atoms with van der Waals surface area (Å²) in [6.07, 6.45) is 1.37. The molecule has 0 saturated heterocycles. The van der Waals surface area contributed by atoms with E-state index in [9.17, 15) is 19.2 Å². The van der Waals surface area contributed by atoms with E-state index in [1.165, 1.54) is 72.8 Å². The smallest absolute Gasteiger partial charge is 0.343 e. The predicted octanol–water partition coefficient (Wildman–Crippen LogP) is 2.93. The van der Waals surface area contributed by atoms with Gasteiger partial charge in [-0.15, -0.1) is 0 Å². The van der Waals surface area contributed by atoms with Crippen LogP contribution in [0.25, 0.3) is 0 Å². The summed E-state index contributed by atoms with van der Waals surface area (Å²) in [4.78, 5) is 45.5. The molecule has 3 rings (SSSR count). The van der Waals surface area contributed by atoms with Gasteiger partial charge in [-0.25, -0.2) is 9.59 Å². The standard InChI is InChI=1S/C22H14O6.H2O/c23-13-15-1-5-17(6-2-15)21(25)27-19-9-11-20(12-10-19)28-22(26)18-7-3-16(14-24)4-8-18;/h1-14H;1H2. The number of benzene rings is 3. The third kappa shape index (κ3) is 5.44. The number of esters is 2. The Bertz CT molecular complexity index is 920. The van der Waals surface area contributed by atoms with Crippen molar-refractivity contribution < 1.29 is 34.1 Å². The lowest BCUT2D eigenvalue weighted by Crippen LogP contribution is -2.09. The average molecular weight is 392 g/mol. The highest BCUT2D eigenvalue weighted by molar-refractivity contribution is 5.92. The first kappa shape index (κ1) is 21.2. The molecule has 3 aromatic rings. The summed E-state index contributed by atoms with van der Waals surface area (Å²) < 4.78 is 10.5. The molecule has 2 N–H and O–H groups in total. The van der Waals surface area contributed by atoms with Gasteiger partial charge in [0.05, 0.1) is 11.1 Å².